The van der Waals surface area contributed by atoms with E-state index >= 15 is 0 Å². The Bertz CT molecular complexity index is 1700. The monoisotopic (exact) mass is 963 g/mol. The van der Waals surface area contributed by atoms with Crippen molar-refractivity contribution in [1.29, 1.82) is 0 Å². The molecule has 67 heavy (non-hydrogen) atoms. The molecule has 0 aromatic rings. The van der Waals surface area contributed by atoms with Crippen LogP contribution in [-0.4, -0.2) is 115 Å². The molecule has 0 spiro atoms. The molecule has 378 valence electrons. The maximum Gasteiger partial charge on any atom is 0.472 e. The van der Waals surface area contributed by atoms with Crippen LogP contribution in [0.1, 0.15) is 129 Å². The number of phosphoric acid groups is 1. The zero-order valence-electron chi connectivity index (χ0n) is 39.5. The van der Waals surface area contributed by atoms with Crippen LogP contribution < -0.4 is 0 Å². The van der Waals surface area contributed by atoms with E-state index in [4.69, 9.17) is 18.5 Å². The minimum Gasteiger partial charge on any atom is -0.462 e. The van der Waals surface area contributed by atoms with Crippen LogP contribution >= 0.6 is 7.82 Å². The van der Waals surface area contributed by atoms with Crippen LogP contribution in [0, 0.1) is 11.8 Å². The van der Waals surface area contributed by atoms with Gasteiger partial charge in [-0.1, -0.05) is 137 Å². The van der Waals surface area contributed by atoms with Gasteiger partial charge in [0.05, 0.1) is 30.8 Å². The van der Waals surface area contributed by atoms with Gasteiger partial charge in [0.25, 0.3) is 0 Å². The Hall–Kier alpha value is -3.60. The average molecular weight is 963 g/mol. The van der Waals surface area contributed by atoms with Gasteiger partial charge in [-0.2, -0.15) is 0 Å². The SMILES string of the molecule is CCCCC/C=C\C/C=C\C/C=C\C/C=C\C/C=C\CCC(=O)OC[C@@H]1COP(=O)(O)O[C@H]2[C@H](O)[C@@H](O)[C@H](O)[C@H](/C=C\C(=O)[C@H](/C=C/[C@@H](O)CCCCC)[C@@H](O)[C@H]2O)C/C=C\CCCC(=O)O1. The number of hydrogen-bond donors (Lipinski definition) is 7. The maximum atomic E-state index is 13.5. The smallest absolute Gasteiger partial charge is 0.462 e. The minimum atomic E-state index is -5.43. The van der Waals surface area contributed by atoms with Crippen LogP contribution in [0.15, 0.2) is 97.2 Å². The maximum absolute atomic E-state index is 13.5. The molecular weight excluding hydrogens is 884 g/mol. The van der Waals surface area contributed by atoms with Crippen LogP contribution in [0.25, 0.3) is 0 Å². The summed E-state index contributed by atoms with van der Waals surface area (Å²) < 4.78 is 34.5. The third-order valence-electron chi connectivity index (χ3n) is 11.2. The number of aliphatic hydroxyl groups excluding tert-OH is 6. The highest BCUT2D eigenvalue weighted by Crippen LogP contribution is 2.47. The molecule has 11 atom stereocenters. The summed E-state index contributed by atoms with van der Waals surface area (Å²) >= 11 is 0. The molecule has 0 aromatic carbocycles. The van der Waals surface area contributed by atoms with Crippen molar-refractivity contribution in [2.45, 2.75) is 178 Å². The predicted octanol–water partition coefficient (Wildman–Crippen LogP) is 7.45. The first-order valence-electron chi connectivity index (χ1n) is 24.1. The van der Waals surface area contributed by atoms with Gasteiger partial charge in [0, 0.05) is 18.8 Å². The van der Waals surface area contributed by atoms with Crippen molar-refractivity contribution in [1.82, 2.24) is 0 Å². The summed E-state index contributed by atoms with van der Waals surface area (Å²) in [6.07, 6.45) is 25.3. The molecule has 2 rings (SSSR count). The number of carbonyl (C=O) groups is 3. The number of ether oxygens (including phenoxy) is 2. The second kappa shape index (κ2) is 35.5. The number of aliphatic hydroxyl groups is 6. The number of cyclic esters (lactones) is 1. The summed E-state index contributed by atoms with van der Waals surface area (Å²) in [5.74, 6) is -4.76. The molecule has 0 radical (unpaired) electrons. The fourth-order valence-electron chi connectivity index (χ4n) is 7.12. The van der Waals surface area contributed by atoms with Crippen molar-refractivity contribution in [3.05, 3.63) is 97.2 Å². The predicted molar refractivity (Wildman–Crippen MR) is 257 cm³/mol. The molecule has 0 aromatic heterocycles. The molecule has 1 unspecified atom stereocenters. The number of carbonyl (C=O) groups excluding carboxylic acids is 3. The molecule has 1 heterocycles. The van der Waals surface area contributed by atoms with Crippen LogP contribution in [0.2, 0.25) is 0 Å². The normalized spacial score (nSPS) is 30.4. The Morgan fingerprint density at radius 3 is 2.03 bits per heavy atom. The van der Waals surface area contributed by atoms with Gasteiger partial charge in [-0.3, -0.25) is 23.4 Å². The fourth-order valence-corrected chi connectivity index (χ4v) is 8.09. The summed E-state index contributed by atoms with van der Waals surface area (Å²) in [4.78, 5) is 49.9. The van der Waals surface area contributed by atoms with E-state index in [0.717, 1.165) is 44.6 Å². The lowest BCUT2D eigenvalue weighted by Crippen LogP contribution is -2.55. The summed E-state index contributed by atoms with van der Waals surface area (Å²) in [6, 6.07) is 0. The topological polar surface area (TPSA) is 247 Å². The highest BCUT2D eigenvalue weighted by molar-refractivity contribution is 7.47. The van der Waals surface area contributed by atoms with Gasteiger partial charge in [-0.25, -0.2) is 4.57 Å². The molecule has 2 bridgehead atoms. The minimum absolute atomic E-state index is 0.0125. The summed E-state index contributed by atoms with van der Waals surface area (Å²) in [5, 5.41) is 66.9. The first kappa shape index (κ1) is 59.5. The average Bonchev–Trinajstić information content (AvgIpc) is 3.30. The van der Waals surface area contributed by atoms with Gasteiger partial charge in [-0.15, -0.1) is 0 Å². The molecule has 1 aliphatic carbocycles. The zero-order valence-corrected chi connectivity index (χ0v) is 40.4. The highest BCUT2D eigenvalue weighted by atomic mass is 31.2. The number of phosphoric ester groups is 1. The molecule has 0 fully saturated rings. The quantitative estimate of drug-likeness (QED) is 0.0228. The number of ketones is 1. The van der Waals surface area contributed by atoms with Crippen molar-refractivity contribution in [3.8, 4) is 0 Å². The zero-order chi connectivity index (χ0) is 49.3. The molecular formula is C51H79O15P. The van der Waals surface area contributed by atoms with Gasteiger partial charge in [0.2, 0.25) is 0 Å². The number of fused-ring (bicyclic) bond motifs is 4. The Morgan fingerprint density at radius 1 is 0.791 bits per heavy atom. The van der Waals surface area contributed by atoms with E-state index in [9.17, 15) is 54.5 Å². The van der Waals surface area contributed by atoms with E-state index in [-0.39, 0.29) is 19.3 Å². The summed E-state index contributed by atoms with van der Waals surface area (Å²) in [5.41, 5.74) is 0. The summed E-state index contributed by atoms with van der Waals surface area (Å²) in [6.45, 7) is 2.76. The number of allylic oxidation sites excluding steroid dienone is 13. The van der Waals surface area contributed by atoms with Gasteiger partial charge in [-0.05, 0) is 76.7 Å². The number of esters is 2. The van der Waals surface area contributed by atoms with E-state index in [1.165, 1.54) is 37.5 Å². The van der Waals surface area contributed by atoms with E-state index in [1.54, 1.807) is 12.2 Å². The van der Waals surface area contributed by atoms with E-state index in [2.05, 4.69) is 49.5 Å². The lowest BCUT2D eigenvalue weighted by molar-refractivity contribution is -0.164. The second-order valence-electron chi connectivity index (χ2n) is 16.9. The number of hydrogen-bond acceptors (Lipinski definition) is 14. The molecule has 0 saturated carbocycles. The molecule has 15 nitrogen and oxygen atoms in total. The Balaban J connectivity index is 2.09. The third-order valence-corrected chi connectivity index (χ3v) is 12.1. The largest absolute Gasteiger partial charge is 0.472 e. The van der Waals surface area contributed by atoms with Crippen molar-refractivity contribution in [3.63, 3.8) is 0 Å². The van der Waals surface area contributed by atoms with Gasteiger partial charge < -0.3 is 45.0 Å². The molecule has 2 aliphatic rings. The lowest BCUT2D eigenvalue weighted by atomic mass is 9.87. The number of rotatable bonds is 23. The van der Waals surface area contributed by atoms with Crippen LogP contribution in [0.3, 0.4) is 0 Å². The molecule has 0 amide bonds. The van der Waals surface area contributed by atoms with Crippen molar-refractivity contribution in [2.75, 3.05) is 13.2 Å². The van der Waals surface area contributed by atoms with Crippen LogP contribution in [-0.2, 0) is 37.5 Å². The third kappa shape index (κ3) is 26.1. The van der Waals surface area contributed by atoms with E-state index < -0.39 is 99.4 Å². The second-order valence-corrected chi connectivity index (χ2v) is 18.3. The molecule has 16 heteroatoms. The summed E-state index contributed by atoms with van der Waals surface area (Å²) in [7, 11) is -5.43. The van der Waals surface area contributed by atoms with E-state index in [0.29, 0.717) is 38.5 Å². The van der Waals surface area contributed by atoms with Crippen LogP contribution in [0.5, 0.6) is 0 Å². The van der Waals surface area contributed by atoms with Gasteiger partial charge >= 0.3 is 19.8 Å². The van der Waals surface area contributed by atoms with Crippen molar-refractivity contribution < 1.29 is 73.0 Å². The van der Waals surface area contributed by atoms with Crippen molar-refractivity contribution in [2.24, 2.45) is 11.8 Å². The lowest BCUT2D eigenvalue weighted by Gasteiger charge is -2.36. The molecule has 0 saturated heterocycles. The first-order valence-corrected chi connectivity index (χ1v) is 25.6. The van der Waals surface area contributed by atoms with Crippen molar-refractivity contribution >= 4 is 25.5 Å². The van der Waals surface area contributed by atoms with Crippen LogP contribution in [0.4, 0.5) is 0 Å². The fraction of sp³-hybridized carbons (Fsp3) is 0.627. The first-order chi connectivity index (χ1) is 32.2. The number of unbranched alkanes of at least 4 members (excludes halogenated alkanes) is 5. The Morgan fingerprint density at radius 2 is 1.39 bits per heavy atom. The molecule has 7 N–H and O–H groups in total. The van der Waals surface area contributed by atoms with E-state index in [1.807, 2.05) is 25.2 Å². The Labute approximate surface area is 398 Å². The Kier molecular flexibility index (Phi) is 31.5. The highest BCUT2D eigenvalue weighted by Gasteiger charge is 2.47. The standard InChI is InChI=1S/C51H79O15P/c1-3-5-7-8-9-10-11-12-13-14-15-16-17-18-19-20-21-22-27-31-44(54)63-37-41-38-64-67(61,62)66-51-49(59)47(57)42(35-34-40(52)30-25-6-4-2)43(53)36-33-39(46(56)48(58)50(51)60)29-26-23-24-28-32-45(55)65-41/h9-10,12-13,15-16,18-19,21-23,26,33-36,39-42,46-52,56-60H,3-8,11,14,17,20,24-25,27-32,37-38H2,1-2H3,(H,61,62)/b10-9-,13-12-,16-15-,19-18-,22-21-,26-23-,35-34+,36-33-/t39-,40-,41+,42-,46+,47+,48-,49+,50+,51+/m0/s1. The van der Waals surface area contributed by atoms with Gasteiger partial charge in [0.15, 0.2) is 11.9 Å². The molecule has 1 aliphatic heterocycles. The van der Waals surface area contributed by atoms with Gasteiger partial charge in [0.1, 0.15) is 31.0 Å².